The minimum absolute atomic E-state index is 0.166. The molecule has 1 amide bonds. The van der Waals surface area contributed by atoms with E-state index in [9.17, 15) is 4.79 Å². The summed E-state index contributed by atoms with van der Waals surface area (Å²) in [6.45, 7) is 10.6. The Morgan fingerprint density at radius 1 is 1.38 bits per heavy atom. The first-order valence-electron chi connectivity index (χ1n) is 9.24. The maximum absolute atomic E-state index is 12.7. The molecule has 1 aliphatic rings. The van der Waals surface area contributed by atoms with E-state index in [0.29, 0.717) is 6.61 Å². The molecule has 1 heterocycles. The third-order valence-corrected chi connectivity index (χ3v) is 5.11. The molecular weight excluding hydrogens is 348 g/mol. The summed E-state index contributed by atoms with van der Waals surface area (Å²) in [5, 5.41) is 5.58. The number of benzene rings is 1. The van der Waals surface area contributed by atoms with E-state index in [-0.39, 0.29) is 17.7 Å². The van der Waals surface area contributed by atoms with E-state index in [4.69, 9.17) is 14.6 Å². The van der Waals surface area contributed by atoms with Crippen LogP contribution in [-0.2, 0) is 4.74 Å². The monoisotopic (exact) mass is 380 g/mol. The van der Waals surface area contributed by atoms with Crippen LogP contribution in [-0.4, -0.2) is 34.8 Å². The molecule has 1 fully saturated rings. The van der Waals surface area contributed by atoms with Crippen molar-refractivity contribution in [2.45, 2.75) is 82.4 Å². The molecule has 1 atom stereocenters. The molecule has 1 saturated heterocycles. The van der Waals surface area contributed by atoms with Crippen molar-refractivity contribution in [3.63, 3.8) is 0 Å². The van der Waals surface area contributed by atoms with Crippen molar-refractivity contribution in [2.24, 2.45) is 5.14 Å². The number of rotatable bonds is 6. The average molecular weight is 381 g/mol. The van der Waals surface area contributed by atoms with Crippen LogP contribution in [0.2, 0.25) is 0 Å². The summed E-state index contributed by atoms with van der Waals surface area (Å²) in [6.07, 6.45) is 3.59. The molecule has 0 saturated carbocycles. The van der Waals surface area contributed by atoms with Gasteiger partial charge in [0.25, 0.3) is 0 Å². The number of carbonyl (C=O) groups is 1. The Morgan fingerprint density at radius 2 is 2.12 bits per heavy atom. The highest BCUT2D eigenvalue weighted by Gasteiger charge is 2.43. The van der Waals surface area contributed by atoms with E-state index in [2.05, 4.69) is 13.8 Å². The first-order chi connectivity index (χ1) is 12.1. The van der Waals surface area contributed by atoms with E-state index in [1.165, 1.54) is 11.9 Å². The third-order valence-electron chi connectivity index (χ3n) is 4.59. The molecule has 1 aromatic rings. The lowest BCUT2D eigenvalue weighted by Crippen LogP contribution is -2.49. The highest BCUT2D eigenvalue weighted by atomic mass is 32.2. The highest BCUT2D eigenvalue weighted by molar-refractivity contribution is 7.97. The quantitative estimate of drug-likeness (QED) is 0.556. The summed E-state index contributed by atoms with van der Waals surface area (Å²) < 4.78 is 11.5. The molecule has 0 aromatic heterocycles. The smallest absolute Gasteiger partial charge is 0.410 e. The molecule has 0 bridgehead atoms. The highest BCUT2D eigenvalue weighted by Crippen LogP contribution is 2.36. The molecule has 2 rings (SSSR count). The Bertz CT molecular complexity index is 613. The van der Waals surface area contributed by atoms with Gasteiger partial charge in [-0.1, -0.05) is 6.07 Å². The lowest BCUT2D eigenvalue weighted by Gasteiger charge is -2.37. The Labute approximate surface area is 161 Å². The lowest BCUT2D eigenvalue weighted by atomic mass is 10.0. The van der Waals surface area contributed by atoms with E-state index in [1.54, 1.807) is 0 Å². The molecule has 0 radical (unpaired) electrons. The van der Waals surface area contributed by atoms with Gasteiger partial charge in [-0.15, -0.1) is 0 Å². The van der Waals surface area contributed by atoms with Crippen molar-refractivity contribution in [3.8, 4) is 5.75 Å². The molecule has 1 unspecified atom stereocenters. The Kier molecular flexibility index (Phi) is 6.86. The standard InChI is InChI=1S/C20H32N2O3S/c1-19(2,3)25-18(23)22-15(11-12-20(22,4)5)8-7-13-24-16-9-6-10-17(14-16)26-21/h6,9-10,14-15H,7-8,11-13,21H2,1-5H3. The maximum Gasteiger partial charge on any atom is 0.410 e. The fourth-order valence-corrected chi connectivity index (χ4v) is 3.73. The molecule has 2 N–H and O–H groups in total. The fourth-order valence-electron chi connectivity index (χ4n) is 3.39. The van der Waals surface area contributed by atoms with Crippen molar-refractivity contribution in [3.05, 3.63) is 24.3 Å². The third kappa shape index (κ3) is 5.81. The van der Waals surface area contributed by atoms with Crippen LogP contribution in [0.5, 0.6) is 5.75 Å². The van der Waals surface area contributed by atoms with E-state index < -0.39 is 5.60 Å². The van der Waals surface area contributed by atoms with Crippen LogP contribution in [0.3, 0.4) is 0 Å². The minimum atomic E-state index is -0.477. The van der Waals surface area contributed by atoms with Gasteiger partial charge >= 0.3 is 6.09 Å². The molecule has 1 aromatic carbocycles. The summed E-state index contributed by atoms with van der Waals surface area (Å²) in [5.74, 6) is 0.830. The van der Waals surface area contributed by atoms with Gasteiger partial charge in [0, 0.05) is 16.5 Å². The van der Waals surface area contributed by atoms with Crippen LogP contribution < -0.4 is 9.88 Å². The van der Waals surface area contributed by atoms with Gasteiger partial charge in [0.15, 0.2) is 0 Å². The van der Waals surface area contributed by atoms with Gasteiger partial charge in [-0.05, 0) is 90.4 Å². The summed E-state index contributed by atoms with van der Waals surface area (Å²) in [6, 6.07) is 7.97. The number of hydrogen-bond acceptors (Lipinski definition) is 5. The van der Waals surface area contributed by atoms with Gasteiger partial charge in [0.1, 0.15) is 11.4 Å². The first kappa shape index (κ1) is 20.9. The second kappa shape index (κ2) is 8.53. The zero-order chi connectivity index (χ0) is 19.4. The molecule has 5 nitrogen and oxygen atoms in total. The molecule has 1 aliphatic heterocycles. The Hall–Kier alpha value is -1.40. The largest absolute Gasteiger partial charge is 0.494 e. The van der Waals surface area contributed by atoms with Gasteiger partial charge in [-0.3, -0.25) is 5.14 Å². The Balaban J connectivity index is 1.88. The van der Waals surface area contributed by atoms with Gasteiger partial charge in [-0.2, -0.15) is 0 Å². The van der Waals surface area contributed by atoms with Crippen LogP contribution in [0.1, 0.15) is 60.3 Å². The lowest BCUT2D eigenvalue weighted by molar-refractivity contribution is 0.00256. The van der Waals surface area contributed by atoms with Crippen LogP contribution in [0, 0.1) is 0 Å². The number of carbonyl (C=O) groups excluding carboxylic acids is 1. The zero-order valence-electron chi connectivity index (χ0n) is 16.6. The fraction of sp³-hybridized carbons (Fsp3) is 0.650. The second-order valence-corrected chi connectivity index (χ2v) is 9.15. The van der Waals surface area contributed by atoms with Crippen LogP contribution in [0.25, 0.3) is 0 Å². The molecule has 6 heteroatoms. The molecular formula is C20H32N2O3S. The molecule has 146 valence electrons. The molecule has 0 aliphatic carbocycles. The van der Waals surface area contributed by atoms with Crippen molar-refractivity contribution in [2.75, 3.05) is 6.61 Å². The number of likely N-dealkylation sites (tertiary alicyclic amines) is 1. The number of ether oxygens (including phenoxy) is 2. The van der Waals surface area contributed by atoms with E-state index in [0.717, 1.165) is 36.3 Å². The Morgan fingerprint density at radius 3 is 2.77 bits per heavy atom. The summed E-state index contributed by atoms with van der Waals surface area (Å²) in [5.41, 5.74) is -0.643. The number of nitrogens with zero attached hydrogens (tertiary/aromatic N) is 1. The van der Waals surface area contributed by atoms with Crippen LogP contribution >= 0.6 is 11.9 Å². The second-order valence-electron chi connectivity index (χ2n) is 8.44. The van der Waals surface area contributed by atoms with E-state index in [1.807, 2.05) is 49.9 Å². The predicted octanol–water partition coefficient (Wildman–Crippen LogP) is 4.99. The first-order valence-corrected chi connectivity index (χ1v) is 10.1. The topological polar surface area (TPSA) is 64.8 Å². The molecule has 0 spiro atoms. The van der Waals surface area contributed by atoms with Crippen molar-refractivity contribution < 1.29 is 14.3 Å². The van der Waals surface area contributed by atoms with Crippen molar-refractivity contribution in [1.29, 1.82) is 0 Å². The number of nitrogens with two attached hydrogens (primary N) is 1. The number of hydrogen-bond donors (Lipinski definition) is 1. The van der Waals surface area contributed by atoms with Crippen molar-refractivity contribution in [1.82, 2.24) is 4.90 Å². The molecule has 26 heavy (non-hydrogen) atoms. The summed E-state index contributed by atoms with van der Waals surface area (Å²) in [7, 11) is 0. The van der Waals surface area contributed by atoms with Gasteiger partial charge < -0.3 is 14.4 Å². The van der Waals surface area contributed by atoms with E-state index >= 15 is 0 Å². The SMILES string of the molecule is CC(C)(C)OC(=O)N1C(CCCOc2cccc(SN)c2)CCC1(C)C. The maximum atomic E-state index is 12.7. The van der Waals surface area contributed by atoms with Gasteiger partial charge in [0.2, 0.25) is 0 Å². The van der Waals surface area contributed by atoms with Gasteiger partial charge in [0.05, 0.1) is 6.61 Å². The minimum Gasteiger partial charge on any atom is -0.494 e. The zero-order valence-corrected chi connectivity index (χ0v) is 17.4. The van der Waals surface area contributed by atoms with Crippen molar-refractivity contribution >= 4 is 18.0 Å². The average Bonchev–Trinajstić information content (AvgIpc) is 2.85. The summed E-state index contributed by atoms with van der Waals surface area (Å²) in [4.78, 5) is 15.6. The van der Waals surface area contributed by atoms with Crippen LogP contribution in [0.15, 0.2) is 29.2 Å². The predicted molar refractivity (Wildman–Crippen MR) is 106 cm³/mol. The van der Waals surface area contributed by atoms with Gasteiger partial charge in [-0.25, -0.2) is 4.79 Å². The normalized spacial score (nSPS) is 19.5. The summed E-state index contributed by atoms with van der Waals surface area (Å²) >= 11 is 1.21. The van der Waals surface area contributed by atoms with Crippen LogP contribution in [0.4, 0.5) is 4.79 Å². The number of amides is 1.